The van der Waals surface area contributed by atoms with Gasteiger partial charge in [0.1, 0.15) is 5.71 Å². The van der Waals surface area contributed by atoms with Gasteiger partial charge in [0.05, 0.1) is 12.6 Å². The Kier molecular flexibility index (Phi) is 4.46. The average molecular weight is 311 g/mol. The summed E-state index contributed by atoms with van der Waals surface area (Å²) in [5.41, 5.74) is 3.66. The molecule has 2 aromatic rings. The van der Waals surface area contributed by atoms with Gasteiger partial charge < -0.3 is 5.32 Å². The largest absolute Gasteiger partial charge is 0.342 e. The van der Waals surface area contributed by atoms with Crippen LogP contribution in [0.4, 0.5) is 0 Å². The Bertz CT molecular complexity index is 709. The van der Waals surface area contributed by atoms with Crippen LogP contribution >= 0.6 is 0 Å². The highest BCUT2D eigenvalue weighted by Crippen LogP contribution is 2.15. The van der Waals surface area contributed by atoms with Crippen molar-refractivity contribution in [2.24, 2.45) is 5.10 Å². The monoisotopic (exact) mass is 311 g/mol. The minimum Gasteiger partial charge on any atom is -0.342 e. The molecule has 2 N–H and O–H groups in total. The van der Waals surface area contributed by atoms with Crippen LogP contribution in [-0.4, -0.2) is 27.3 Å². The zero-order valence-corrected chi connectivity index (χ0v) is 12.5. The number of carbonyl (C=O) groups is 2. The Morgan fingerprint density at radius 3 is 2.74 bits per heavy atom. The fourth-order valence-corrected chi connectivity index (χ4v) is 2.39. The average Bonchev–Trinajstić information content (AvgIpc) is 3.09. The molecule has 7 nitrogen and oxygen atoms in total. The molecule has 0 saturated carbocycles. The third kappa shape index (κ3) is 3.82. The second-order valence-corrected chi connectivity index (χ2v) is 5.26. The van der Waals surface area contributed by atoms with Gasteiger partial charge in [0.25, 0.3) is 5.91 Å². The van der Waals surface area contributed by atoms with Crippen molar-refractivity contribution in [2.45, 2.75) is 25.4 Å². The van der Waals surface area contributed by atoms with Gasteiger partial charge in [-0.25, -0.2) is 5.43 Å². The smallest absolute Gasteiger partial charge is 0.268 e. The highest BCUT2D eigenvalue weighted by molar-refractivity contribution is 6.39. The van der Waals surface area contributed by atoms with Crippen molar-refractivity contribution < 1.29 is 9.59 Å². The number of hydrogen-bond donors (Lipinski definition) is 2. The van der Waals surface area contributed by atoms with Gasteiger partial charge in [-0.1, -0.05) is 30.3 Å². The molecule has 1 aliphatic rings. The third-order valence-corrected chi connectivity index (χ3v) is 3.60. The Morgan fingerprint density at radius 1 is 1.26 bits per heavy atom. The number of hydrogen-bond acceptors (Lipinski definition) is 4. The van der Waals surface area contributed by atoms with Crippen molar-refractivity contribution in [1.29, 1.82) is 0 Å². The van der Waals surface area contributed by atoms with E-state index in [4.69, 9.17) is 0 Å². The molecule has 0 fully saturated rings. The lowest BCUT2D eigenvalue weighted by Crippen LogP contribution is -2.39. The zero-order valence-electron chi connectivity index (χ0n) is 12.5. The van der Waals surface area contributed by atoms with E-state index < -0.39 is 0 Å². The molecular weight excluding hydrogens is 294 g/mol. The molecule has 1 atom stereocenters. The van der Waals surface area contributed by atoms with Crippen LogP contribution in [0, 0.1) is 0 Å². The maximum absolute atomic E-state index is 12.4. The number of nitrogens with zero attached hydrogens (tertiary/aromatic N) is 3. The molecule has 0 spiro atoms. The third-order valence-electron chi connectivity index (χ3n) is 3.60. The molecule has 0 unspecified atom stereocenters. The number of hydrazone groups is 1. The summed E-state index contributed by atoms with van der Waals surface area (Å²) in [5.74, 6) is -0.441. The summed E-state index contributed by atoms with van der Waals surface area (Å²) in [6, 6.07) is 11.3. The van der Waals surface area contributed by atoms with E-state index in [9.17, 15) is 9.59 Å². The van der Waals surface area contributed by atoms with Crippen LogP contribution in [0.3, 0.4) is 0 Å². The molecule has 2 heterocycles. The van der Waals surface area contributed by atoms with E-state index in [1.807, 2.05) is 42.6 Å². The van der Waals surface area contributed by atoms with E-state index in [0.29, 0.717) is 18.7 Å². The second-order valence-electron chi connectivity index (χ2n) is 5.26. The van der Waals surface area contributed by atoms with Gasteiger partial charge in [-0.3, -0.25) is 14.3 Å². The van der Waals surface area contributed by atoms with E-state index in [2.05, 4.69) is 20.9 Å². The lowest BCUT2D eigenvalue weighted by molar-refractivity contribution is -0.121. The van der Waals surface area contributed by atoms with Crippen LogP contribution in [0.15, 0.2) is 53.9 Å². The van der Waals surface area contributed by atoms with Crippen LogP contribution in [-0.2, 0) is 16.1 Å². The first kappa shape index (κ1) is 15.0. The summed E-state index contributed by atoms with van der Waals surface area (Å²) in [4.78, 5) is 23.5. The molecule has 0 bridgehead atoms. The first-order chi connectivity index (χ1) is 11.2. The molecule has 0 radical (unpaired) electrons. The number of nitrogens with one attached hydrogen (secondary N) is 2. The maximum Gasteiger partial charge on any atom is 0.268 e. The maximum atomic E-state index is 12.4. The fraction of sp³-hybridized carbons (Fsp3) is 0.250. The summed E-state index contributed by atoms with van der Waals surface area (Å²) >= 11 is 0. The molecule has 23 heavy (non-hydrogen) atoms. The van der Waals surface area contributed by atoms with Gasteiger partial charge in [0.2, 0.25) is 5.91 Å². The number of rotatable bonds is 5. The van der Waals surface area contributed by atoms with Crippen molar-refractivity contribution in [3.63, 3.8) is 0 Å². The minimum absolute atomic E-state index is 0.169. The van der Waals surface area contributed by atoms with Gasteiger partial charge in [-0.05, 0) is 11.6 Å². The number of aromatic nitrogens is 2. The predicted molar refractivity (Wildman–Crippen MR) is 84.4 cm³/mol. The normalized spacial score (nSPS) is 15.5. The molecule has 3 rings (SSSR count). The van der Waals surface area contributed by atoms with Crippen LogP contribution in [0.1, 0.15) is 24.4 Å². The topological polar surface area (TPSA) is 88.4 Å². The number of carbonyl (C=O) groups excluding carboxylic acids is 2. The molecular formula is C16H17N5O2. The molecule has 1 aliphatic heterocycles. The van der Waals surface area contributed by atoms with Crippen LogP contribution in [0.2, 0.25) is 0 Å². The van der Waals surface area contributed by atoms with Gasteiger partial charge in [0.15, 0.2) is 0 Å². The summed E-state index contributed by atoms with van der Waals surface area (Å²) in [6.07, 6.45) is 4.17. The van der Waals surface area contributed by atoms with Gasteiger partial charge in [-0.15, -0.1) is 0 Å². The van der Waals surface area contributed by atoms with Crippen LogP contribution in [0.5, 0.6) is 0 Å². The Balaban J connectivity index is 1.75. The van der Waals surface area contributed by atoms with Gasteiger partial charge in [-0.2, -0.15) is 10.2 Å². The van der Waals surface area contributed by atoms with Crippen LogP contribution < -0.4 is 10.7 Å². The zero-order chi connectivity index (χ0) is 16.1. The van der Waals surface area contributed by atoms with Crippen molar-refractivity contribution in [1.82, 2.24) is 20.5 Å². The number of amides is 2. The summed E-state index contributed by atoms with van der Waals surface area (Å²) in [7, 11) is 0. The SMILES string of the molecule is O=C1CCC(C(=O)N[C@@H](Cn2cccn2)c2ccccc2)=NN1. The molecule has 1 aromatic heterocycles. The quantitative estimate of drug-likeness (QED) is 0.863. The highest BCUT2D eigenvalue weighted by Gasteiger charge is 2.22. The molecule has 0 aliphatic carbocycles. The van der Waals surface area contributed by atoms with Crippen molar-refractivity contribution in [3.05, 3.63) is 54.4 Å². The molecule has 0 saturated heterocycles. The van der Waals surface area contributed by atoms with E-state index in [0.717, 1.165) is 5.56 Å². The Hall–Kier alpha value is -2.96. The Labute approximate surface area is 133 Å². The molecule has 2 amide bonds. The Morgan fingerprint density at radius 2 is 2.09 bits per heavy atom. The van der Waals surface area contributed by atoms with Crippen molar-refractivity contribution in [3.8, 4) is 0 Å². The second kappa shape index (κ2) is 6.87. The first-order valence-corrected chi connectivity index (χ1v) is 7.41. The fourth-order valence-electron chi connectivity index (χ4n) is 2.39. The standard InChI is InChI=1S/C16H17N5O2/c22-15-8-7-13(19-20-15)16(23)18-14(11-21-10-4-9-17-21)12-5-2-1-3-6-12/h1-6,9-10,14H,7-8,11H2,(H,18,23)(H,20,22)/t14-/m0/s1. The summed E-state index contributed by atoms with van der Waals surface area (Å²) in [5, 5.41) is 11.0. The van der Waals surface area contributed by atoms with Gasteiger partial charge >= 0.3 is 0 Å². The van der Waals surface area contributed by atoms with Crippen molar-refractivity contribution in [2.75, 3.05) is 0 Å². The molecule has 7 heteroatoms. The van der Waals surface area contributed by atoms with Gasteiger partial charge in [0, 0.05) is 25.2 Å². The number of benzene rings is 1. The van der Waals surface area contributed by atoms with E-state index in [1.54, 1.807) is 10.9 Å². The lowest BCUT2D eigenvalue weighted by atomic mass is 10.1. The molecule has 1 aromatic carbocycles. The summed E-state index contributed by atoms with van der Waals surface area (Å²) < 4.78 is 1.77. The van der Waals surface area contributed by atoms with Crippen molar-refractivity contribution >= 4 is 17.5 Å². The van der Waals surface area contributed by atoms with E-state index in [1.165, 1.54) is 0 Å². The van der Waals surface area contributed by atoms with E-state index in [-0.39, 0.29) is 24.3 Å². The predicted octanol–water partition coefficient (Wildman–Crippen LogP) is 1.01. The lowest BCUT2D eigenvalue weighted by Gasteiger charge is -2.20. The highest BCUT2D eigenvalue weighted by atomic mass is 16.2. The van der Waals surface area contributed by atoms with E-state index >= 15 is 0 Å². The first-order valence-electron chi connectivity index (χ1n) is 7.41. The molecule has 118 valence electrons. The van der Waals surface area contributed by atoms with Crippen LogP contribution in [0.25, 0.3) is 0 Å². The minimum atomic E-state index is -0.272. The summed E-state index contributed by atoms with van der Waals surface area (Å²) in [6.45, 7) is 0.516.